The third-order valence-corrected chi connectivity index (χ3v) is 2.68. The fraction of sp³-hybridized carbons (Fsp3) is 0. The van der Waals surface area contributed by atoms with E-state index in [1.807, 2.05) is 24.3 Å². The van der Waals surface area contributed by atoms with Crippen LogP contribution < -0.4 is 11.5 Å². The van der Waals surface area contributed by atoms with Crippen molar-refractivity contribution in [3.05, 3.63) is 36.7 Å². The fourth-order valence-electron chi connectivity index (χ4n) is 1.86. The van der Waals surface area contributed by atoms with Crippen molar-refractivity contribution in [3.63, 3.8) is 0 Å². The van der Waals surface area contributed by atoms with E-state index in [0.29, 0.717) is 11.4 Å². The second-order valence-electron chi connectivity index (χ2n) is 3.66. The van der Waals surface area contributed by atoms with Crippen molar-refractivity contribution in [1.29, 1.82) is 0 Å². The third-order valence-electron chi connectivity index (χ3n) is 2.68. The van der Waals surface area contributed by atoms with Gasteiger partial charge in [-0.1, -0.05) is 12.1 Å². The first-order valence-corrected chi connectivity index (χ1v) is 4.95. The lowest BCUT2D eigenvalue weighted by molar-refractivity contribution is 1.39. The van der Waals surface area contributed by atoms with Gasteiger partial charge in [0.1, 0.15) is 0 Å². The number of nitrogen functional groups attached to an aromatic ring is 2. The van der Waals surface area contributed by atoms with E-state index in [1.54, 1.807) is 12.4 Å². The van der Waals surface area contributed by atoms with Gasteiger partial charge in [0.25, 0.3) is 0 Å². The number of aromatic nitrogens is 2. The molecule has 0 aliphatic carbocycles. The lowest BCUT2D eigenvalue weighted by Gasteiger charge is -2.06. The molecular formula is C12H10N4. The third kappa shape index (κ3) is 1.10. The van der Waals surface area contributed by atoms with E-state index in [1.165, 1.54) is 0 Å². The van der Waals surface area contributed by atoms with E-state index in [-0.39, 0.29) is 0 Å². The van der Waals surface area contributed by atoms with Crippen LogP contribution in [0.25, 0.3) is 21.8 Å². The minimum Gasteiger partial charge on any atom is -0.396 e. The van der Waals surface area contributed by atoms with Crippen molar-refractivity contribution >= 4 is 33.2 Å². The van der Waals surface area contributed by atoms with Gasteiger partial charge in [-0.2, -0.15) is 0 Å². The molecule has 0 aliphatic rings. The van der Waals surface area contributed by atoms with Crippen LogP contribution in [0, 0.1) is 0 Å². The summed E-state index contributed by atoms with van der Waals surface area (Å²) < 4.78 is 0. The number of nitrogens with zero attached hydrogens (tertiary/aromatic N) is 2. The molecule has 2 aromatic heterocycles. The lowest BCUT2D eigenvalue weighted by Crippen LogP contribution is -1.98. The van der Waals surface area contributed by atoms with Gasteiger partial charge in [-0.15, -0.1) is 0 Å². The minimum absolute atomic E-state index is 0.491. The summed E-state index contributed by atoms with van der Waals surface area (Å²) >= 11 is 0. The van der Waals surface area contributed by atoms with Crippen LogP contribution >= 0.6 is 0 Å². The van der Waals surface area contributed by atoms with Crippen molar-refractivity contribution in [2.24, 2.45) is 0 Å². The standard InChI is InChI=1S/C12H10N4/c13-8-6-16-9-4-3-7-2-1-5-15-12(7)10(9)11(8)14/h1-6H,13H2,(H2,14,16). The molecule has 2 heterocycles. The number of hydrogen-bond acceptors (Lipinski definition) is 4. The molecule has 78 valence electrons. The number of rotatable bonds is 0. The minimum atomic E-state index is 0.491. The van der Waals surface area contributed by atoms with Crippen LogP contribution in [0.3, 0.4) is 0 Å². The number of nitrogens with two attached hydrogens (primary N) is 2. The molecule has 0 saturated heterocycles. The normalized spacial score (nSPS) is 11.0. The summed E-state index contributed by atoms with van der Waals surface area (Å²) in [5.74, 6) is 0. The Balaban J connectivity index is 2.63. The van der Waals surface area contributed by atoms with E-state index in [0.717, 1.165) is 21.8 Å². The van der Waals surface area contributed by atoms with Crippen molar-refractivity contribution in [3.8, 4) is 0 Å². The van der Waals surface area contributed by atoms with Crippen molar-refractivity contribution in [2.45, 2.75) is 0 Å². The molecule has 0 spiro atoms. The van der Waals surface area contributed by atoms with E-state index < -0.39 is 0 Å². The quantitative estimate of drug-likeness (QED) is 0.556. The molecule has 3 aromatic rings. The van der Waals surface area contributed by atoms with Crippen LogP contribution in [0.5, 0.6) is 0 Å². The zero-order chi connectivity index (χ0) is 11.1. The summed E-state index contributed by atoms with van der Waals surface area (Å²) in [6, 6.07) is 7.79. The second kappa shape index (κ2) is 3.06. The fourth-order valence-corrected chi connectivity index (χ4v) is 1.86. The largest absolute Gasteiger partial charge is 0.396 e. The van der Waals surface area contributed by atoms with Gasteiger partial charge in [-0.3, -0.25) is 9.97 Å². The van der Waals surface area contributed by atoms with Gasteiger partial charge in [-0.25, -0.2) is 0 Å². The molecule has 0 amide bonds. The Labute approximate surface area is 91.9 Å². The average molecular weight is 210 g/mol. The molecule has 4 heteroatoms. The van der Waals surface area contributed by atoms with Gasteiger partial charge >= 0.3 is 0 Å². The Morgan fingerprint density at radius 1 is 1.00 bits per heavy atom. The molecule has 0 radical (unpaired) electrons. The van der Waals surface area contributed by atoms with Crippen molar-refractivity contribution in [2.75, 3.05) is 11.5 Å². The Kier molecular flexibility index (Phi) is 1.71. The van der Waals surface area contributed by atoms with E-state index >= 15 is 0 Å². The summed E-state index contributed by atoms with van der Waals surface area (Å²) in [7, 11) is 0. The summed E-state index contributed by atoms with van der Waals surface area (Å²) in [5, 5.41) is 1.87. The van der Waals surface area contributed by atoms with E-state index in [4.69, 9.17) is 11.5 Å². The first-order chi connectivity index (χ1) is 7.77. The number of benzene rings is 1. The highest BCUT2D eigenvalue weighted by molar-refractivity contribution is 6.11. The summed E-state index contributed by atoms with van der Waals surface area (Å²) in [6.45, 7) is 0. The zero-order valence-electron chi connectivity index (χ0n) is 8.51. The molecule has 16 heavy (non-hydrogen) atoms. The van der Waals surface area contributed by atoms with Crippen molar-refractivity contribution < 1.29 is 0 Å². The molecule has 3 rings (SSSR count). The van der Waals surface area contributed by atoms with Crippen LogP contribution in [0.4, 0.5) is 11.4 Å². The van der Waals surface area contributed by atoms with Gasteiger partial charge in [0, 0.05) is 11.6 Å². The van der Waals surface area contributed by atoms with Gasteiger partial charge in [0.05, 0.1) is 34.0 Å². The molecule has 4 N–H and O–H groups in total. The van der Waals surface area contributed by atoms with Crippen LogP contribution in [0.2, 0.25) is 0 Å². The average Bonchev–Trinajstić information content (AvgIpc) is 2.33. The molecule has 4 nitrogen and oxygen atoms in total. The van der Waals surface area contributed by atoms with Gasteiger partial charge in [0.2, 0.25) is 0 Å². The number of fused-ring (bicyclic) bond motifs is 3. The van der Waals surface area contributed by atoms with E-state index in [2.05, 4.69) is 9.97 Å². The zero-order valence-corrected chi connectivity index (χ0v) is 8.51. The summed E-state index contributed by atoms with van der Waals surface area (Å²) in [5.41, 5.74) is 14.4. The van der Waals surface area contributed by atoms with Crippen LogP contribution in [-0.4, -0.2) is 9.97 Å². The van der Waals surface area contributed by atoms with Gasteiger partial charge in [0.15, 0.2) is 0 Å². The Morgan fingerprint density at radius 2 is 1.88 bits per heavy atom. The monoisotopic (exact) mass is 210 g/mol. The molecule has 1 aromatic carbocycles. The molecule has 0 aliphatic heterocycles. The predicted molar refractivity (Wildman–Crippen MR) is 65.9 cm³/mol. The highest BCUT2D eigenvalue weighted by Crippen LogP contribution is 2.30. The molecule has 0 bridgehead atoms. The molecule has 0 unspecified atom stereocenters. The van der Waals surface area contributed by atoms with Gasteiger partial charge < -0.3 is 11.5 Å². The maximum atomic E-state index is 5.98. The smallest absolute Gasteiger partial charge is 0.0817 e. The first kappa shape index (κ1) is 8.91. The lowest BCUT2D eigenvalue weighted by atomic mass is 10.1. The summed E-state index contributed by atoms with van der Waals surface area (Å²) in [4.78, 5) is 8.58. The summed E-state index contributed by atoms with van der Waals surface area (Å²) in [6.07, 6.45) is 3.32. The highest BCUT2D eigenvalue weighted by atomic mass is 14.8. The maximum absolute atomic E-state index is 5.98. The number of anilines is 2. The molecule has 0 fully saturated rings. The van der Waals surface area contributed by atoms with Gasteiger partial charge in [-0.05, 0) is 12.1 Å². The predicted octanol–water partition coefficient (Wildman–Crippen LogP) is 1.95. The van der Waals surface area contributed by atoms with Crippen LogP contribution in [0.15, 0.2) is 36.7 Å². The number of pyridine rings is 2. The van der Waals surface area contributed by atoms with Crippen LogP contribution in [-0.2, 0) is 0 Å². The van der Waals surface area contributed by atoms with Crippen LogP contribution in [0.1, 0.15) is 0 Å². The maximum Gasteiger partial charge on any atom is 0.0817 e. The molecule has 0 atom stereocenters. The Bertz CT molecular complexity index is 691. The second-order valence-corrected chi connectivity index (χ2v) is 3.66. The molecule has 0 saturated carbocycles. The molecular weight excluding hydrogens is 200 g/mol. The highest BCUT2D eigenvalue weighted by Gasteiger charge is 2.07. The SMILES string of the molecule is Nc1cnc2ccc3cccnc3c2c1N. The first-order valence-electron chi connectivity index (χ1n) is 4.95. The van der Waals surface area contributed by atoms with Crippen molar-refractivity contribution in [1.82, 2.24) is 9.97 Å². The van der Waals surface area contributed by atoms with E-state index in [9.17, 15) is 0 Å². The Morgan fingerprint density at radius 3 is 2.75 bits per heavy atom. The Hall–Kier alpha value is -2.36. The topological polar surface area (TPSA) is 77.8 Å². The number of hydrogen-bond donors (Lipinski definition) is 2.